The van der Waals surface area contributed by atoms with Gasteiger partial charge in [-0.3, -0.25) is 4.79 Å². The van der Waals surface area contributed by atoms with Gasteiger partial charge >= 0.3 is 0 Å². The number of amides is 1. The Labute approximate surface area is 152 Å². The fraction of sp³-hybridized carbons (Fsp3) is 0.250. The lowest BCUT2D eigenvalue weighted by molar-refractivity contribution is 0.102. The van der Waals surface area contributed by atoms with Crippen LogP contribution in [0.2, 0.25) is 0 Å². The van der Waals surface area contributed by atoms with Crippen LogP contribution in [-0.4, -0.2) is 27.5 Å². The molecule has 3 aromatic rings. The van der Waals surface area contributed by atoms with E-state index in [9.17, 15) is 4.79 Å². The molecule has 1 N–H and O–H groups in total. The van der Waals surface area contributed by atoms with Crippen molar-refractivity contribution in [3.63, 3.8) is 0 Å². The molecule has 134 valence electrons. The number of rotatable bonds is 5. The summed E-state index contributed by atoms with van der Waals surface area (Å²) in [6.07, 6.45) is 0. The van der Waals surface area contributed by atoms with E-state index >= 15 is 0 Å². The summed E-state index contributed by atoms with van der Waals surface area (Å²) in [6, 6.07) is 13.3. The minimum atomic E-state index is -0.275. The second-order valence-corrected chi connectivity index (χ2v) is 6.12. The molecule has 26 heavy (non-hydrogen) atoms. The maximum atomic E-state index is 12.6. The summed E-state index contributed by atoms with van der Waals surface area (Å²) >= 11 is 0. The summed E-state index contributed by atoms with van der Waals surface area (Å²) in [4.78, 5) is 12.6. The molecule has 0 saturated heterocycles. The highest BCUT2D eigenvalue weighted by molar-refractivity contribution is 6.03. The normalized spacial score (nSPS) is 10.6. The van der Waals surface area contributed by atoms with Crippen LogP contribution in [0.4, 0.5) is 5.69 Å². The fourth-order valence-electron chi connectivity index (χ4n) is 2.64. The predicted octanol–water partition coefficient (Wildman–Crippen LogP) is 3.84. The molecule has 0 radical (unpaired) electrons. The van der Waals surface area contributed by atoms with Gasteiger partial charge in [0.1, 0.15) is 5.75 Å². The van der Waals surface area contributed by atoms with Crippen LogP contribution < -0.4 is 10.1 Å². The summed E-state index contributed by atoms with van der Waals surface area (Å²) in [5.74, 6) is 0.518. The Morgan fingerprint density at radius 2 is 1.81 bits per heavy atom. The molecular formula is C20H22N4O2. The molecule has 0 bridgehead atoms. The fourth-order valence-corrected chi connectivity index (χ4v) is 2.64. The zero-order chi connectivity index (χ0) is 18.7. The zero-order valence-corrected chi connectivity index (χ0v) is 15.4. The van der Waals surface area contributed by atoms with Crippen LogP contribution in [0.1, 0.15) is 34.2 Å². The molecule has 6 heteroatoms. The topological polar surface area (TPSA) is 69.0 Å². The van der Waals surface area contributed by atoms with E-state index < -0.39 is 0 Å². The quantitative estimate of drug-likeness (QED) is 0.759. The zero-order valence-electron chi connectivity index (χ0n) is 15.4. The largest absolute Gasteiger partial charge is 0.494 e. The molecule has 0 aliphatic heterocycles. The molecule has 6 nitrogen and oxygen atoms in total. The molecule has 0 aliphatic carbocycles. The van der Waals surface area contributed by atoms with Gasteiger partial charge in [0, 0.05) is 5.69 Å². The van der Waals surface area contributed by atoms with E-state index in [1.165, 1.54) is 5.56 Å². The van der Waals surface area contributed by atoms with Gasteiger partial charge in [-0.25, -0.2) is 4.68 Å². The monoisotopic (exact) mass is 350 g/mol. The summed E-state index contributed by atoms with van der Waals surface area (Å²) in [5.41, 5.74) is 4.85. The first kappa shape index (κ1) is 17.7. The standard InChI is InChI=1S/C20H22N4O2/c1-5-26-18-10-8-17(9-11-18)24-15(4)19(22-23-24)20(25)21-16-7-6-13(2)14(3)12-16/h6-12H,5H2,1-4H3,(H,21,25). The molecule has 0 fully saturated rings. The number of ether oxygens (including phenoxy) is 1. The second kappa shape index (κ2) is 7.39. The van der Waals surface area contributed by atoms with Gasteiger partial charge in [-0.2, -0.15) is 0 Å². The van der Waals surface area contributed by atoms with Crippen LogP contribution in [0.25, 0.3) is 5.69 Å². The van der Waals surface area contributed by atoms with Gasteiger partial charge in [0.05, 0.1) is 18.0 Å². The maximum absolute atomic E-state index is 12.6. The van der Waals surface area contributed by atoms with E-state index in [0.29, 0.717) is 18.0 Å². The number of aryl methyl sites for hydroxylation is 2. The summed E-state index contributed by atoms with van der Waals surface area (Å²) < 4.78 is 7.09. The van der Waals surface area contributed by atoms with E-state index in [2.05, 4.69) is 15.6 Å². The Bertz CT molecular complexity index is 929. The molecule has 1 heterocycles. The van der Waals surface area contributed by atoms with Crippen molar-refractivity contribution in [3.05, 3.63) is 65.0 Å². The van der Waals surface area contributed by atoms with Crippen LogP contribution in [0, 0.1) is 20.8 Å². The third-order valence-electron chi connectivity index (χ3n) is 4.27. The van der Waals surface area contributed by atoms with Gasteiger partial charge in [-0.15, -0.1) is 5.10 Å². The van der Waals surface area contributed by atoms with Crippen molar-refractivity contribution in [1.29, 1.82) is 0 Å². The number of hydrogen-bond donors (Lipinski definition) is 1. The van der Waals surface area contributed by atoms with Gasteiger partial charge in [-0.1, -0.05) is 11.3 Å². The van der Waals surface area contributed by atoms with E-state index in [4.69, 9.17) is 4.74 Å². The van der Waals surface area contributed by atoms with Gasteiger partial charge in [0.25, 0.3) is 5.91 Å². The number of nitrogens with one attached hydrogen (secondary N) is 1. The van der Waals surface area contributed by atoms with Crippen LogP contribution in [-0.2, 0) is 0 Å². The lowest BCUT2D eigenvalue weighted by atomic mass is 10.1. The van der Waals surface area contributed by atoms with Gasteiger partial charge in [0.15, 0.2) is 5.69 Å². The molecule has 1 amide bonds. The molecule has 0 saturated carbocycles. The molecule has 2 aromatic carbocycles. The summed E-state index contributed by atoms with van der Waals surface area (Å²) in [5, 5.41) is 11.1. The highest BCUT2D eigenvalue weighted by Gasteiger charge is 2.17. The van der Waals surface area contributed by atoms with Crippen LogP contribution >= 0.6 is 0 Å². The highest BCUT2D eigenvalue weighted by Crippen LogP contribution is 2.19. The molecule has 3 rings (SSSR count). The van der Waals surface area contributed by atoms with Crippen molar-refractivity contribution >= 4 is 11.6 Å². The van der Waals surface area contributed by atoms with Crippen LogP contribution in [0.3, 0.4) is 0 Å². The van der Waals surface area contributed by atoms with Gasteiger partial charge < -0.3 is 10.1 Å². The van der Waals surface area contributed by atoms with Crippen molar-refractivity contribution in [3.8, 4) is 11.4 Å². The van der Waals surface area contributed by atoms with E-state index in [0.717, 1.165) is 22.7 Å². The highest BCUT2D eigenvalue weighted by atomic mass is 16.5. The van der Waals surface area contributed by atoms with Gasteiger partial charge in [-0.05, 0) is 75.2 Å². The van der Waals surface area contributed by atoms with Crippen molar-refractivity contribution in [1.82, 2.24) is 15.0 Å². The lowest BCUT2D eigenvalue weighted by Crippen LogP contribution is -2.14. The third kappa shape index (κ3) is 3.59. The number of nitrogens with zero attached hydrogens (tertiary/aromatic N) is 3. The smallest absolute Gasteiger partial charge is 0.278 e. The number of carbonyl (C=O) groups excluding carboxylic acids is 1. The summed E-state index contributed by atoms with van der Waals surface area (Å²) in [7, 11) is 0. The first-order valence-corrected chi connectivity index (χ1v) is 8.53. The molecular weight excluding hydrogens is 328 g/mol. The van der Waals surface area contributed by atoms with Crippen molar-refractivity contribution < 1.29 is 9.53 Å². The number of aromatic nitrogens is 3. The summed E-state index contributed by atoms with van der Waals surface area (Å²) in [6.45, 7) is 8.43. The Balaban J connectivity index is 1.81. The number of benzene rings is 2. The predicted molar refractivity (Wildman–Crippen MR) is 101 cm³/mol. The van der Waals surface area contributed by atoms with Crippen molar-refractivity contribution in [2.45, 2.75) is 27.7 Å². The third-order valence-corrected chi connectivity index (χ3v) is 4.27. The van der Waals surface area contributed by atoms with E-state index in [-0.39, 0.29) is 5.91 Å². The first-order valence-electron chi connectivity index (χ1n) is 8.53. The number of hydrogen-bond acceptors (Lipinski definition) is 4. The molecule has 0 atom stereocenters. The number of anilines is 1. The van der Waals surface area contributed by atoms with Gasteiger partial charge in [0.2, 0.25) is 0 Å². The molecule has 0 aliphatic rings. The Kier molecular flexibility index (Phi) is 5.02. The minimum absolute atomic E-state index is 0.275. The van der Waals surface area contributed by atoms with Crippen LogP contribution in [0.5, 0.6) is 5.75 Å². The van der Waals surface area contributed by atoms with Crippen molar-refractivity contribution in [2.24, 2.45) is 0 Å². The Hall–Kier alpha value is -3.15. The maximum Gasteiger partial charge on any atom is 0.278 e. The van der Waals surface area contributed by atoms with E-state index in [1.807, 2.05) is 70.2 Å². The lowest BCUT2D eigenvalue weighted by Gasteiger charge is -2.08. The van der Waals surface area contributed by atoms with Crippen LogP contribution in [0.15, 0.2) is 42.5 Å². The average Bonchev–Trinajstić information content (AvgIpc) is 3.01. The Morgan fingerprint density at radius 1 is 1.08 bits per heavy atom. The van der Waals surface area contributed by atoms with E-state index in [1.54, 1.807) is 4.68 Å². The number of carbonyl (C=O) groups is 1. The average molecular weight is 350 g/mol. The Morgan fingerprint density at radius 3 is 2.46 bits per heavy atom. The molecule has 0 spiro atoms. The minimum Gasteiger partial charge on any atom is -0.494 e. The molecule has 1 aromatic heterocycles. The second-order valence-electron chi connectivity index (χ2n) is 6.12. The first-order chi connectivity index (χ1) is 12.5. The molecule has 0 unspecified atom stereocenters. The van der Waals surface area contributed by atoms with Crippen molar-refractivity contribution in [2.75, 3.05) is 11.9 Å². The SMILES string of the molecule is CCOc1ccc(-n2nnc(C(=O)Nc3ccc(C)c(C)c3)c2C)cc1.